The Hall–Kier alpha value is -3.86. The molecule has 4 aromatic rings. The standard InChI is InChI=1S/C27H27N3O2/c1-3-17-32-26-13-8-12-24-23(26)18-25(30(24)19-21-10-5-4-9-20(21)2)27(31)29-16-14-22-11-6-7-15-28-22/h3-13,15,18H,1,14,16-17,19H2,2H3,(H,29,31). The highest BCUT2D eigenvalue weighted by atomic mass is 16.5. The number of aromatic nitrogens is 2. The van der Waals surface area contributed by atoms with Crippen LogP contribution in [-0.4, -0.2) is 28.6 Å². The van der Waals surface area contributed by atoms with E-state index in [1.165, 1.54) is 11.1 Å². The molecule has 0 radical (unpaired) electrons. The van der Waals surface area contributed by atoms with Gasteiger partial charge in [0.2, 0.25) is 0 Å². The van der Waals surface area contributed by atoms with Crippen molar-refractivity contribution < 1.29 is 9.53 Å². The molecule has 0 aliphatic rings. The summed E-state index contributed by atoms with van der Waals surface area (Å²) in [6, 6.07) is 21.9. The zero-order valence-corrected chi connectivity index (χ0v) is 18.3. The minimum atomic E-state index is -0.111. The summed E-state index contributed by atoms with van der Waals surface area (Å²) in [7, 11) is 0. The monoisotopic (exact) mass is 425 g/mol. The van der Waals surface area contributed by atoms with Crippen LogP contribution in [0.1, 0.15) is 27.3 Å². The lowest BCUT2D eigenvalue weighted by Crippen LogP contribution is -2.28. The van der Waals surface area contributed by atoms with Gasteiger partial charge in [-0.1, -0.05) is 49.1 Å². The highest BCUT2D eigenvalue weighted by molar-refractivity contribution is 6.00. The Kier molecular flexibility index (Phi) is 6.66. The third-order valence-corrected chi connectivity index (χ3v) is 5.48. The predicted molar refractivity (Wildman–Crippen MR) is 128 cm³/mol. The smallest absolute Gasteiger partial charge is 0.267 e. The van der Waals surface area contributed by atoms with E-state index in [2.05, 4.69) is 40.5 Å². The summed E-state index contributed by atoms with van der Waals surface area (Å²) >= 11 is 0. The van der Waals surface area contributed by atoms with Gasteiger partial charge in [-0.15, -0.1) is 0 Å². The Balaban J connectivity index is 1.66. The van der Waals surface area contributed by atoms with Gasteiger partial charge in [-0.3, -0.25) is 9.78 Å². The summed E-state index contributed by atoms with van der Waals surface area (Å²) < 4.78 is 7.92. The van der Waals surface area contributed by atoms with E-state index in [1.54, 1.807) is 12.3 Å². The summed E-state index contributed by atoms with van der Waals surface area (Å²) in [6.07, 6.45) is 4.16. The summed E-state index contributed by atoms with van der Waals surface area (Å²) in [5.74, 6) is 0.633. The van der Waals surface area contributed by atoms with Crippen molar-refractivity contribution in [2.75, 3.05) is 13.2 Å². The van der Waals surface area contributed by atoms with E-state index in [9.17, 15) is 4.79 Å². The molecule has 0 saturated carbocycles. The van der Waals surface area contributed by atoms with Crippen LogP contribution in [0.15, 0.2) is 85.6 Å². The molecular weight excluding hydrogens is 398 g/mol. The minimum absolute atomic E-state index is 0.111. The molecule has 0 bridgehead atoms. The maximum Gasteiger partial charge on any atom is 0.267 e. The van der Waals surface area contributed by atoms with Gasteiger partial charge in [0.1, 0.15) is 18.1 Å². The first-order valence-electron chi connectivity index (χ1n) is 10.8. The first kappa shape index (κ1) is 21.4. The zero-order valence-electron chi connectivity index (χ0n) is 18.3. The molecule has 2 aromatic heterocycles. The lowest BCUT2D eigenvalue weighted by molar-refractivity contribution is 0.0945. The van der Waals surface area contributed by atoms with Gasteiger partial charge in [0.15, 0.2) is 0 Å². The molecule has 5 nitrogen and oxygen atoms in total. The van der Waals surface area contributed by atoms with E-state index in [4.69, 9.17) is 4.74 Å². The Morgan fingerprint density at radius 1 is 1.12 bits per heavy atom. The largest absolute Gasteiger partial charge is 0.489 e. The first-order valence-corrected chi connectivity index (χ1v) is 10.8. The molecule has 0 fully saturated rings. The molecule has 0 spiro atoms. The van der Waals surface area contributed by atoms with Crippen molar-refractivity contribution in [1.82, 2.24) is 14.9 Å². The maximum absolute atomic E-state index is 13.2. The van der Waals surface area contributed by atoms with Crippen LogP contribution in [0.2, 0.25) is 0 Å². The van der Waals surface area contributed by atoms with Crippen molar-refractivity contribution in [1.29, 1.82) is 0 Å². The molecule has 0 unspecified atom stereocenters. The van der Waals surface area contributed by atoms with Crippen LogP contribution >= 0.6 is 0 Å². The Bertz CT molecular complexity index is 1230. The predicted octanol–water partition coefficient (Wildman–Crippen LogP) is 4.93. The molecule has 0 saturated heterocycles. The third kappa shape index (κ3) is 4.72. The number of nitrogens with one attached hydrogen (secondary N) is 1. The number of aryl methyl sites for hydroxylation is 1. The number of carbonyl (C=O) groups is 1. The Labute approximate surface area is 188 Å². The van der Waals surface area contributed by atoms with Gasteiger partial charge < -0.3 is 14.6 Å². The van der Waals surface area contributed by atoms with Crippen LogP contribution in [0.3, 0.4) is 0 Å². The fourth-order valence-corrected chi connectivity index (χ4v) is 3.79. The zero-order chi connectivity index (χ0) is 22.3. The average Bonchev–Trinajstić information content (AvgIpc) is 3.19. The molecule has 4 rings (SSSR count). The van der Waals surface area contributed by atoms with Crippen LogP contribution < -0.4 is 10.1 Å². The van der Waals surface area contributed by atoms with Gasteiger partial charge in [-0.25, -0.2) is 0 Å². The van der Waals surface area contributed by atoms with Crippen LogP contribution in [0.5, 0.6) is 5.75 Å². The molecular formula is C27H27N3O2. The van der Waals surface area contributed by atoms with E-state index < -0.39 is 0 Å². The number of amides is 1. The molecule has 0 aliphatic heterocycles. The second kappa shape index (κ2) is 9.96. The minimum Gasteiger partial charge on any atom is -0.489 e. The molecule has 1 N–H and O–H groups in total. The van der Waals surface area contributed by atoms with E-state index in [0.717, 1.165) is 22.3 Å². The number of hydrogen-bond acceptors (Lipinski definition) is 3. The fraction of sp³-hybridized carbons (Fsp3) is 0.185. The highest BCUT2D eigenvalue weighted by Crippen LogP contribution is 2.30. The summed E-state index contributed by atoms with van der Waals surface area (Å²) in [6.45, 7) is 7.35. The summed E-state index contributed by atoms with van der Waals surface area (Å²) in [4.78, 5) is 17.5. The van der Waals surface area contributed by atoms with Crippen molar-refractivity contribution in [2.45, 2.75) is 19.9 Å². The number of pyridine rings is 1. The maximum atomic E-state index is 13.2. The Morgan fingerprint density at radius 3 is 2.75 bits per heavy atom. The number of nitrogens with zero attached hydrogens (tertiary/aromatic N) is 2. The highest BCUT2D eigenvalue weighted by Gasteiger charge is 2.18. The lowest BCUT2D eigenvalue weighted by Gasteiger charge is -2.13. The van der Waals surface area contributed by atoms with Crippen molar-refractivity contribution in [2.24, 2.45) is 0 Å². The molecule has 1 amide bonds. The molecule has 32 heavy (non-hydrogen) atoms. The van der Waals surface area contributed by atoms with Crippen molar-refractivity contribution in [3.8, 4) is 5.75 Å². The SMILES string of the molecule is C=CCOc1cccc2c1cc(C(=O)NCCc1ccccn1)n2Cc1ccccc1C. The van der Waals surface area contributed by atoms with Crippen LogP contribution in [0.25, 0.3) is 10.9 Å². The van der Waals surface area contributed by atoms with Gasteiger partial charge in [-0.2, -0.15) is 0 Å². The molecule has 2 heterocycles. The fourth-order valence-electron chi connectivity index (χ4n) is 3.79. The van der Waals surface area contributed by atoms with Gasteiger partial charge in [0.05, 0.1) is 5.52 Å². The van der Waals surface area contributed by atoms with Crippen LogP contribution in [0, 0.1) is 6.92 Å². The number of rotatable bonds is 9. The number of benzene rings is 2. The van der Waals surface area contributed by atoms with Gasteiger partial charge in [0, 0.05) is 36.8 Å². The summed E-state index contributed by atoms with van der Waals surface area (Å²) in [5.41, 5.74) is 4.89. The summed E-state index contributed by atoms with van der Waals surface area (Å²) in [5, 5.41) is 3.97. The van der Waals surface area contributed by atoms with Gasteiger partial charge in [-0.05, 0) is 48.4 Å². The van der Waals surface area contributed by atoms with Crippen LogP contribution in [0.4, 0.5) is 0 Å². The topological polar surface area (TPSA) is 56.1 Å². The van der Waals surface area contributed by atoms with E-state index in [-0.39, 0.29) is 5.91 Å². The molecule has 162 valence electrons. The molecule has 5 heteroatoms. The molecule has 2 aromatic carbocycles. The van der Waals surface area contributed by atoms with Crippen LogP contribution in [-0.2, 0) is 13.0 Å². The second-order valence-electron chi connectivity index (χ2n) is 7.66. The van der Waals surface area contributed by atoms with E-state index in [0.29, 0.717) is 31.8 Å². The Morgan fingerprint density at radius 2 is 1.97 bits per heavy atom. The quantitative estimate of drug-likeness (QED) is 0.387. The molecule has 0 atom stereocenters. The van der Waals surface area contributed by atoms with Gasteiger partial charge in [0.25, 0.3) is 5.91 Å². The number of carbonyl (C=O) groups excluding carboxylic acids is 1. The second-order valence-corrected chi connectivity index (χ2v) is 7.66. The lowest BCUT2D eigenvalue weighted by atomic mass is 10.1. The number of ether oxygens (including phenoxy) is 1. The van der Waals surface area contributed by atoms with Gasteiger partial charge >= 0.3 is 0 Å². The third-order valence-electron chi connectivity index (χ3n) is 5.48. The average molecular weight is 426 g/mol. The van der Waals surface area contributed by atoms with E-state index in [1.807, 2.05) is 54.6 Å². The first-order chi connectivity index (χ1) is 15.7. The van der Waals surface area contributed by atoms with Crippen molar-refractivity contribution in [3.05, 3.63) is 108 Å². The number of hydrogen-bond donors (Lipinski definition) is 1. The van der Waals surface area contributed by atoms with Crippen molar-refractivity contribution >= 4 is 16.8 Å². The number of fused-ring (bicyclic) bond motifs is 1. The van der Waals surface area contributed by atoms with Crippen molar-refractivity contribution in [3.63, 3.8) is 0 Å². The normalized spacial score (nSPS) is 10.8. The molecule has 0 aliphatic carbocycles. The van der Waals surface area contributed by atoms with E-state index >= 15 is 0 Å².